The smallest absolute Gasteiger partial charge is 0.219 e. The average molecular weight is 787 g/mol. The summed E-state index contributed by atoms with van der Waals surface area (Å²) in [4.78, 5) is 27.4. The van der Waals surface area contributed by atoms with Gasteiger partial charge in [0, 0.05) is 69.3 Å². The van der Waals surface area contributed by atoms with Crippen LogP contribution in [-0.2, 0) is 18.3 Å². The van der Waals surface area contributed by atoms with Gasteiger partial charge in [0.1, 0.15) is 29.4 Å². The summed E-state index contributed by atoms with van der Waals surface area (Å²) in [6.07, 6.45) is 6.03. The molecule has 0 unspecified atom stereocenters. The van der Waals surface area contributed by atoms with Crippen molar-refractivity contribution in [3.05, 3.63) is 77.9 Å². The number of rotatable bonds is 9. The standard InChI is InChI=1S/C43H47FN10O4/c1-25(55)51-15-17-52(18-16-51)29-10-12-30(13-11-29)54-43-38(41(45)46-24-47-43)39(48-54)26-9-14-34(35(20-26)56-3)53(31-8-6-7-28(44)22-31)42-33-19-27-21-36(57-4)37(58-5)23-32(27)40(33)50(2)49-42/h6-9,14,20-24,29-30H,10-13,15-19H2,1-5H3,(H2,45,46,47). The second-order valence-electron chi connectivity index (χ2n) is 15.3. The summed E-state index contributed by atoms with van der Waals surface area (Å²) >= 11 is 0. The van der Waals surface area contributed by atoms with E-state index in [1.807, 2.05) is 62.6 Å². The van der Waals surface area contributed by atoms with E-state index < -0.39 is 0 Å². The zero-order chi connectivity index (χ0) is 40.2. The second kappa shape index (κ2) is 14.9. The van der Waals surface area contributed by atoms with Gasteiger partial charge in [0.2, 0.25) is 5.91 Å². The maximum absolute atomic E-state index is 15.0. The minimum absolute atomic E-state index is 0.139. The van der Waals surface area contributed by atoms with Crippen LogP contribution in [0.15, 0.2) is 60.9 Å². The normalized spacial score (nSPS) is 17.9. The number of carbonyl (C=O) groups excluding carboxylic acids is 1. The second-order valence-corrected chi connectivity index (χ2v) is 15.3. The van der Waals surface area contributed by atoms with Crippen molar-refractivity contribution in [2.24, 2.45) is 7.05 Å². The summed E-state index contributed by atoms with van der Waals surface area (Å²) in [5.41, 5.74) is 14.0. The summed E-state index contributed by atoms with van der Waals surface area (Å²) in [6.45, 7) is 5.02. The molecule has 6 aromatic rings. The Morgan fingerprint density at radius 2 is 1.59 bits per heavy atom. The first-order chi connectivity index (χ1) is 28.2. The van der Waals surface area contributed by atoms with Crippen molar-refractivity contribution in [1.29, 1.82) is 0 Å². The molecule has 1 saturated heterocycles. The van der Waals surface area contributed by atoms with Crippen LogP contribution < -0.4 is 24.8 Å². The number of benzene rings is 3. The number of nitrogens with two attached hydrogens (primary N) is 1. The molecule has 2 N–H and O–H groups in total. The van der Waals surface area contributed by atoms with E-state index in [1.54, 1.807) is 34.3 Å². The molecule has 0 radical (unpaired) electrons. The molecule has 14 nitrogen and oxygen atoms in total. The Morgan fingerprint density at radius 1 is 0.862 bits per heavy atom. The van der Waals surface area contributed by atoms with Crippen LogP contribution in [0.25, 0.3) is 33.5 Å². The van der Waals surface area contributed by atoms with E-state index in [2.05, 4.69) is 9.88 Å². The lowest BCUT2D eigenvalue weighted by atomic mass is 9.90. The fraction of sp³-hybridized carbons (Fsp3) is 0.372. The molecule has 300 valence electrons. The van der Waals surface area contributed by atoms with Gasteiger partial charge < -0.3 is 24.8 Å². The maximum Gasteiger partial charge on any atom is 0.219 e. The number of ether oxygens (including phenoxy) is 3. The monoisotopic (exact) mass is 786 g/mol. The van der Waals surface area contributed by atoms with Gasteiger partial charge in [0.05, 0.1) is 49.8 Å². The molecule has 0 spiro atoms. The van der Waals surface area contributed by atoms with Gasteiger partial charge in [0.15, 0.2) is 23.0 Å². The SMILES string of the molecule is COc1cc2c(cc1OC)-c1c(c(N(c3cccc(F)c3)c3ccc(-c4nn(C5CCC(N6CCN(C(C)=O)CC6)CC5)c5ncnc(N)c45)cc3OC)nn1C)C2. The Kier molecular flexibility index (Phi) is 9.62. The molecule has 9 rings (SSSR count). The fourth-order valence-corrected chi connectivity index (χ4v) is 9.23. The summed E-state index contributed by atoms with van der Waals surface area (Å²) in [5.74, 6) is 2.58. The number of amides is 1. The van der Waals surface area contributed by atoms with Crippen molar-refractivity contribution in [3.63, 3.8) is 0 Å². The van der Waals surface area contributed by atoms with E-state index in [1.165, 1.54) is 18.5 Å². The van der Waals surface area contributed by atoms with E-state index in [9.17, 15) is 4.79 Å². The van der Waals surface area contributed by atoms with Crippen LogP contribution in [0.3, 0.4) is 0 Å². The molecule has 15 heteroatoms. The number of hydrogen-bond acceptors (Lipinski definition) is 11. The highest BCUT2D eigenvalue weighted by Crippen LogP contribution is 2.50. The molecule has 2 aliphatic carbocycles. The van der Waals surface area contributed by atoms with Gasteiger partial charge in [-0.25, -0.2) is 19.0 Å². The molecule has 0 atom stereocenters. The molecule has 58 heavy (non-hydrogen) atoms. The topological polar surface area (TPSA) is 142 Å². The van der Waals surface area contributed by atoms with Gasteiger partial charge in [-0.2, -0.15) is 10.2 Å². The van der Waals surface area contributed by atoms with Gasteiger partial charge >= 0.3 is 0 Å². The van der Waals surface area contributed by atoms with Gasteiger partial charge in [-0.15, -0.1) is 0 Å². The zero-order valence-electron chi connectivity index (χ0n) is 33.4. The maximum atomic E-state index is 15.0. The van der Waals surface area contributed by atoms with Crippen LogP contribution in [0.2, 0.25) is 0 Å². The molecule has 1 amide bonds. The Morgan fingerprint density at radius 3 is 2.29 bits per heavy atom. The largest absolute Gasteiger partial charge is 0.495 e. The lowest BCUT2D eigenvalue weighted by molar-refractivity contribution is -0.131. The van der Waals surface area contributed by atoms with E-state index in [4.69, 9.17) is 35.1 Å². The quantitative estimate of drug-likeness (QED) is 0.168. The van der Waals surface area contributed by atoms with E-state index in [0.29, 0.717) is 69.4 Å². The molecular formula is C43H47FN10O4. The number of halogens is 1. The predicted molar refractivity (Wildman–Crippen MR) is 220 cm³/mol. The van der Waals surface area contributed by atoms with Gasteiger partial charge in [0.25, 0.3) is 0 Å². The van der Waals surface area contributed by atoms with Crippen LogP contribution in [0, 0.1) is 5.82 Å². The summed E-state index contributed by atoms with van der Waals surface area (Å²) in [7, 11) is 6.78. The zero-order valence-corrected chi connectivity index (χ0v) is 33.4. The van der Waals surface area contributed by atoms with Gasteiger partial charge in [-0.05, 0) is 73.7 Å². The van der Waals surface area contributed by atoms with Crippen molar-refractivity contribution in [3.8, 4) is 39.8 Å². The first-order valence-corrected chi connectivity index (χ1v) is 19.7. The van der Waals surface area contributed by atoms with E-state index in [-0.39, 0.29) is 17.8 Å². The van der Waals surface area contributed by atoms with Crippen molar-refractivity contribution in [2.45, 2.75) is 51.1 Å². The number of anilines is 4. The Balaban J connectivity index is 1.08. The van der Waals surface area contributed by atoms with Gasteiger partial charge in [-0.3, -0.25) is 19.3 Å². The van der Waals surface area contributed by atoms with Crippen LogP contribution >= 0.6 is 0 Å². The molecule has 1 saturated carbocycles. The van der Waals surface area contributed by atoms with Crippen molar-refractivity contribution < 1.29 is 23.4 Å². The third kappa shape index (κ3) is 6.33. The van der Waals surface area contributed by atoms with Gasteiger partial charge in [-0.1, -0.05) is 12.1 Å². The molecule has 3 aromatic carbocycles. The van der Waals surface area contributed by atoms with Crippen molar-refractivity contribution >= 4 is 40.0 Å². The molecule has 4 heterocycles. The number of aryl methyl sites for hydroxylation is 1. The number of carbonyl (C=O) groups is 1. The minimum Gasteiger partial charge on any atom is -0.495 e. The number of hydrogen-bond donors (Lipinski definition) is 1. The van der Waals surface area contributed by atoms with Crippen molar-refractivity contribution in [2.75, 3.05) is 58.1 Å². The highest BCUT2D eigenvalue weighted by molar-refractivity contribution is 5.99. The van der Waals surface area contributed by atoms with Crippen molar-refractivity contribution in [1.82, 2.24) is 39.3 Å². The lowest BCUT2D eigenvalue weighted by Crippen LogP contribution is -2.52. The first-order valence-electron chi connectivity index (χ1n) is 19.7. The minimum atomic E-state index is -0.375. The third-order valence-electron chi connectivity index (χ3n) is 12.1. The summed E-state index contributed by atoms with van der Waals surface area (Å²) in [6, 6.07) is 16.9. The Bertz CT molecular complexity index is 2540. The summed E-state index contributed by atoms with van der Waals surface area (Å²) in [5, 5.41) is 10.9. The molecule has 1 aliphatic heterocycles. The molecule has 2 fully saturated rings. The Hall–Kier alpha value is -6.22. The van der Waals surface area contributed by atoms with Crippen LogP contribution in [-0.4, -0.2) is 98.8 Å². The van der Waals surface area contributed by atoms with Crippen LogP contribution in [0.1, 0.15) is 49.8 Å². The predicted octanol–water partition coefficient (Wildman–Crippen LogP) is 6.66. The van der Waals surface area contributed by atoms with Crippen LogP contribution in [0.4, 0.5) is 27.4 Å². The average Bonchev–Trinajstić information content (AvgIpc) is 3.92. The number of methoxy groups -OCH3 is 3. The molecule has 0 bridgehead atoms. The fourth-order valence-electron chi connectivity index (χ4n) is 9.23. The first kappa shape index (κ1) is 37.4. The lowest BCUT2D eigenvalue weighted by Gasteiger charge is -2.41. The Labute approximate surface area is 335 Å². The highest BCUT2D eigenvalue weighted by atomic mass is 19.1. The number of piperazine rings is 1. The van der Waals surface area contributed by atoms with Crippen LogP contribution in [0.5, 0.6) is 17.2 Å². The number of nitrogen functional groups attached to an aromatic ring is 1. The van der Waals surface area contributed by atoms with E-state index in [0.717, 1.165) is 79.8 Å². The number of nitrogens with zero attached hydrogens (tertiary/aromatic N) is 9. The molecule has 3 aliphatic rings. The van der Waals surface area contributed by atoms with E-state index >= 15 is 4.39 Å². The summed E-state index contributed by atoms with van der Waals surface area (Å²) < 4.78 is 36.3. The highest BCUT2D eigenvalue weighted by Gasteiger charge is 2.34. The molecule has 3 aromatic heterocycles. The number of aromatic nitrogens is 6. The molecular weight excluding hydrogens is 740 g/mol. The number of fused-ring (bicyclic) bond motifs is 4. The third-order valence-corrected chi connectivity index (χ3v) is 12.1.